The number of anilines is 2. The molecule has 0 amide bonds. The fraction of sp³-hybridized carbons (Fsp3) is 0.429. The first-order chi connectivity index (χ1) is 10.6. The molecule has 0 radical (unpaired) electrons. The molecule has 0 aromatic carbocycles. The lowest BCUT2D eigenvalue weighted by Gasteiger charge is -2.20. The van der Waals surface area contributed by atoms with Crippen molar-refractivity contribution in [3.8, 4) is 0 Å². The summed E-state index contributed by atoms with van der Waals surface area (Å²) in [5.74, 6) is 1.05. The smallest absolute Gasteiger partial charge is 0.272 e. The van der Waals surface area contributed by atoms with E-state index in [2.05, 4.69) is 19.8 Å². The maximum atomic E-state index is 12.1. The van der Waals surface area contributed by atoms with Crippen molar-refractivity contribution in [1.29, 1.82) is 0 Å². The molecule has 1 N–H and O–H groups in total. The quantitative estimate of drug-likeness (QED) is 0.928. The molecule has 22 heavy (non-hydrogen) atoms. The minimum absolute atomic E-state index is 0.243. The number of aromatic nitrogens is 2. The average molecular weight is 338 g/mol. The molecule has 2 aromatic rings. The van der Waals surface area contributed by atoms with Crippen LogP contribution < -0.4 is 9.62 Å². The monoisotopic (exact) mass is 338 g/mol. The van der Waals surface area contributed by atoms with Gasteiger partial charge in [0.2, 0.25) is 0 Å². The van der Waals surface area contributed by atoms with Crippen LogP contribution in [0.5, 0.6) is 0 Å². The lowest BCUT2D eigenvalue weighted by molar-refractivity contribution is 0.603. The number of nitrogens with zero attached hydrogens (tertiary/aromatic N) is 3. The first-order valence-electron chi connectivity index (χ1n) is 7.30. The van der Waals surface area contributed by atoms with E-state index < -0.39 is 10.0 Å². The number of thiophene rings is 1. The van der Waals surface area contributed by atoms with Crippen LogP contribution in [0.15, 0.2) is 33.9 Å². The molecule has 6 nitrogen and oxygen atoms in total. The minimum atomic E-state index is -3.56. The summed E-state index contributed by atoms with van der Waals surface area (Å²) in [4.78, 5) is 2.21. The van der Waals surface area contributed by atoms with Crippen LogP contribution in [0.4, 0.5) is 11.6 Å². The number of hydrogen-bond donors (Lipinski definition) is 1. The lowest BCUT2D eigenvalue weighted by Crippen LogP contribution is -2.25. The number of rotatable bonds is 4. The van der Waals surface area contributed by atoms with E-state index in [4.69, 9.17) is 0 Å². The summed E-state index contributed by atoms with van der Waals surface area (Å²) >= 11 is 1.17. The van der Waals surface area contributed by atoms with E-state index in [0.29, 0.717) is 0 Å². The van der Waals surface area contributed by atoms with Gasteiger partial charge >= 0.3 is 0 Å². The van der Waals surface area contributed by atoms with Crippen LogP contribution >= 0.6 is 11.3 Å². The third-order valence-corrected chi connectivity index (χ3v) is 6.33. The molecule has 0 saturated carbocycles. The van der Waals surface area contributed by atoms with Gasteiger partial charge in [-0.15, -0.1) is 21.5 Å². The number of nitrogens with one attached hydrogen (secondary N) is 1. The Balaban J connectivity index is 1.71. The molecule has 2 aromatic heterocycles. The predicted octanol–water partition coefficient (Wildman–Crippen LogP) is 2.72. The van der Waals surface area contributed by atoms with E-state index in [1.165, 1.54) is 24.2 Å². The van der Waals surface area contributed by atoms with E-state index in [9.17, 15) is 8.42 Å². The van der Waals surface area contributed by atoms with Gasteiger partial charge in [-0.2, -0.15) is 0 Å². The van der Waals surface area contributed by atoms with Gasteiger partial charge in [-0.25, -0.2) is 8.42 Å². The average Bonchev–Trinajstić information content (AvgIpc) is 2.92. The van der Waals surface area contributed by atoms with Crippen molar-refractivity contribution >= 4 is 33.0 Å². The van der Waals surface area contributed by atoms with Gasteiger partial charge in [0, 0.05) is 13.1 Å². The highest BCUT2D eigenvalue weighted by molar-refractivity contribution is 7.94. The summed E-state index contributed by atoms with van der Waals surface area (Å²) in [6.07, 6.45) is 4.83. The van der Waals surface area contributed by atoms with E-state index in [0.717, 1.165) is 31.7 Å². The summed E-state index contributed by atoms with van der Waals surface area (Å²) in [6, 6.07) is 6.75. The lowest BCUT2D eigenvalue weighted by atomic mass is 10.2. The van der Waals surface area contributed by atoms with Gasteiger partial charge in [-0.1, -0.05) is 18.9 Å². The van der Waals surface area contributed by atoms with E-state index in [1.54, 1.807) is 23.6 Å². The third-order valence-electron chi connectivity index (χ3n) is 3.58. The molecule has 1 aliphatic rings. The highest BCUT2D eigenvalue weighted by Gasteiger charge is 2.17. The van der Waals surface area contributed by atoms with Crippen molar-refractivity contribution < 1.29 is 8.42 Å². The first kappa shape index (κ1) is 15.2. The van der Waals surface area contributed by atoms with Crippen molar-refractivity contribution in [2.24, 2.45) is 0 Å². The number of hydrogen-bond acceptors (Lipinski definition) is 6. The Morgan fingerprint density at radius 2 is 1.82 bits per heavy atom. The molecular formula is C14H18N4O2S2. The Morgan fingerprint density at radius 3 is 2.41 bits per heavy atom. The largest absolute Gasteiger partial charge is 0.355 e. The predicted molar refractivity (Wildman–Crippen MR) is 87.8 cm³/mol. The Bertz CT molecular complexity index is 691. The summed E-state index contributed by atoms with van der Waals surface area (Å²) < 4.78 is 27.0. The molecule has 3 rings (SSSR count). The van der Waals surface area contributed by atoms with Crippen molar-refractivity contribution in [2.75, 3.05) is 22.7 Å². The molecule has 0 bridgehead atoms. The second-order valence-corrected chi connectivity index (χ2v) is 8.07. The Morgan fingerprint density at radius 1 is 1.05 bits per heavy atom. The fourth-order valence-electron chi connectivity index (χ4n) is 2.45. The second kappa shape index (κ2) is 6.62. The van der Waals surface area contributed by atoms with E-state index in [-0.39, 0.29) is 10.0 Å². The van der Waals surface area contributed by atoms with Crippen LogP contribution in [0, 0.1) is 0 Å². The van der Waals surface area contributed by atoms with Gasteiger partial charge in [-0.3, -0.25) is 4.72 Å². The highest BCUT2D eigenvalue weighted by atomic mass is 32.2. The summed E-state index contributed by atoms with van der Waals surface area (Å²) in [7, 11) is -3.56. The van der Waals surface area contributed by atoms with Crippen molar-refractivity contribution in [1.82, 2.24) is 10.2 Å². The van der Waals surface area contributed by atoms with E-state index in [1.807, 2.05) is 6.07 Å². The van der Waals surface area contributed by atoms with Crippen molar-refractivity contribution in [3.05, 3.63) is 29.6 Å². The molecule has 0 unspecified atom stereocenters. The maximum absolute atomic E-state index is 12.1. The van der Waals surface area contributed by atoms with Gasteiger partial charge in [0.25, 0.3) is 10.0 Å². The minimum Gasteiger partial charge on any atom is -0.355 e. The summed E-state index contributed by atoms with van der Waals surface area (Å²) in [5, 5.41) is 9.89. The molecule has 8 heteroatoms. The molecule has 3 heterocycles. The zero-order valence-electron chi connectivity index (χ0n) is 12.1. The van der Waals surface area contributed by atoms with Crippen LogP contribution in [0.3, 0.4) is 0 Å². The molecule has 1 saturated heterocycles. The fourth-order valence-corrected chi connectivity index (χ4v) is 4.44. The van der Waals surface area contributed by atoms with Crippen LogP contribution in [-0.2, 0) is 10.0 Å². The van der Waals surface area contributed by atoms with Gasteiger partial charge in [0.05, 0.1) is 0 Å². The van der Waals surface area contributed by atoms with Gasteiger partial charge in [0.15, 0.2) is 11.6 Å². The molecule has 1 aliphatic heterocycles. The van der Waals surface area contributed by atoms with Crippen LogP contribution in [-0.4, -0.2) is 31.7 Å². The standard InChI is InChI=1S/C14H18N4O2S2/c19-22(20,14-6-5-11-21-14)17-12-7-8-13(16-15-12)18-9-3-1-2-4-10-18/h5-8,11H,1-4,9-10H2,(H,15,17). The molecule has 0 atom stereocenters. The molecule has 0 aliphatic carbocycles. The van der Waals surface area contributed by atoms with Gasteiger partial charge < -0.3 is 4.90 Å². The van der Waals surface area contributed by atoms with Crippen molar-refractivity contribution in [2.45, 2.75) is 29.9 Å². The summed E-state index contributed by atoms with van der Waals surface area (Å²) in [5.41, 5.74) is 0. The second-order valence-electron chi connectivity index (χ2n) is 5.22. The Hall–Kier alpha value is -1.67. The topological polar surface area (TPSA) is 75.2 Å². The highest BCUT2D eigenvalue weighted by Crippen LogP contribution is 2.21. The van der Waals surface area contributed by atoms with E-state index >= 15 is 0 Å². The SMILES string of the molecule is O=S(=O)(Nc1ccc(N2CCCCCC2)nn1)c1cccs1. The third kappa shape index (κ3) is 3.56. The molecular weight excluding hydrogens is 320 g/mol. The molecule has 1 fully saturated rings. The Kier molecular flexibility index (Phi) is 4.58. The van der Waals surface area contributed by atoms with Gasteiger partial charge in [-0.05, 0) is 36.4 Å². The van der Waals surface area contributed by atoms with Crippen LogP contribution in [0.2, 0.25) is 0 Å². The summed E-state index contributed by atoms with van der Waals surface area (Å²) in [6.45, 7) is 1.96. The Labute approximate surface area is 134 Å². The van der Waals surface area contributed by atoms with Crippen LogP contribution in [0.25, 0.3) is 0 Å². The maximum Gasteiger partial charge on any atom is 0.272 e. The zero-order valence-corrected chi connectivity index (χ0v) is 13.7. The number of sulfonamides is 1. The van der Waals surface area contributed by atoms with Gasteiger partial charge in [0.1, 0.15) is 4.21 Å². The normalized spacial score (nSPS) is 16.3. The zero-order chi connectivity index (χ0) is 15.4. The first-order valence-corrected chi connectivity index (χ1v) is 9.66. The van der Waals surface area contributed by atoms with Crippen LogP contribution in [0.1, 0.15) is 25.7 Å². The van der Waals surface area contributed by atoms with Crippen molar-refractivity contribution in [3.63, 3.8) is 0 Å². The molecule has 0 spiro atoms. The molecule has 118 valence electrons.